The van der Waals surface area contributed by atoms with Crippen LogP contribution in [0.5, 0.6) is 0 Å². The van der Waals surface area contributed by atoms with Gasteiger partial charge in [-0.2, -0.15) is 0 Å². The fourth-order valence-corrected chi connectivity index (χ4v) is 7.79. The van der Waals surface area contributed by atoms with Crippen molar-refractivity contribution in [2.75, 3.05) is 0 Å². The number of benzene rings is 4. The molecule has 2 aliphatic heterocycles. The van der Waals surface area contributed by atoms with Crippen LogP contribution < -0.4 is 21.3 Å². The maximum absolute atomic E-state index is 12.9. The molecule has 1 atom stereocenters. The molecule has 4 fully saturated rings. The van der Waals surface area contributed by atoms with Gasteiger partial charge in [-0.05, 0) is 99.2 Å². The molecule has 0 radical (unpaired) electrons. The zero-order chi connectivity index (χ0) is 31.4. The molecule has 4 aromatic rings. The zero-order valence-corrected chi connectivity index (χ0v) is 24.9. The second-order valence-corrected chi connectivity index (χ2v) is 13.0. The van der Waals surface area contributed by atoms with E-state index in [4.69, 9.17) is 0 Å². The molecule has 226 valence electrons. The third kappa shape index (κ3) is 3.61. The van der Waals surface area contributed by atoms with Gasteiger partial charge in [0.1, 0.15) is 0 Å². The van der Waals surface area contributed by atoms with Crippen molar-refractivity contribution in [1.82, 2.24) is 21.3 Å². The predicted molar refractivity (Wildman–Crippen MR) is 173 cm³/mol. The number of fused-ring (bicyclic) bond motifs is 10. The Morgan fingerprint density at radius 1 is 0.565 bits per heavy atom. The van der Waals surface area contributed by atoms with Crippen LogP contribution in [0.4, 0.5) is 9.59 Å². The second-order valence-electron chi connectivity index (χ2n) is 13.0. The largest absolute Gasteiger partial charge is 0.322 e. The summed E-state index contributed by atoms with van der Waals surface area (Å²) in [6.07, 6.45) is 6.57. The van der Waals surface area contributed by atoms with Gasteiger partial charge >= 0.3 is 12.1 Å². The summed E-state index contributed by atoms with van der Waals surface area (Å²) in [7, 11) is 0. The van der Waals surface area contributed by atoms with Gasteiger partial charge in [-0.15, -0.1) is 0 Å². The molecule has 2 heterocycles. The lowest BCUT2D eigenvalue weighted by Crippen LogP contribution is -2.43. The van der Waals surface area contributed by atoms with Gasteiger partial charge in [-0.1, -0.05) is 85.5 Å². The van der Waals surface area contributed by atoms with Gasteiger partial charge in [0.15, 0.2) is 11.1 Å². The summed E-state index contributed by atoms with van der Waals surface area (Å²) in [6, 6.07) is 25.5. The smallest absolute Gasteiger partial charge is 0.316 e. The van der Waals surface area contributed by atoms with Crippen molar-refractivity contribution in [3.8, 4) is 22.3 Å². The van der Waals surface area contributed by atoms with Crippen molar-refractivity contribution in [2.45, 2.75) is 48.6 Å². The molecule has 2 spiro atoms. The fraction of sp³-hybridized carbons (Fsp3) is 0.211. The molecule has 46 heavy (non-hydrogen) atoms. The molecular weight excluding hydrogens is 576 g/mol. The Morgan fingerprint density at radius 3 is 1.50 bits per heavy atom. The van der Waals surface area contributed by atoms with Gasteiger partial charge in [0.25, 0.3) is 11.8 Å². The summed E-state index contributed by atoms with van der Waals surface area (Å²) >= 11 is 0. The van der Waals surface area contributed by atoms with Crippen LogP contribution in [0.15, 0.2) is 85.4 Å². The van der Waals surface area contributed by atoms with E-state index in [1.807, 2.05) is 42.5 Å². The van der Waals surface area contributed by atoms with E-state index >= 15 is 0 Å². The van der Waals surface area contributed by atoms with Crippen LogP contribution in [-0.4, -0.2) is 23.9 Å². The van der Waals surface area contributed by atoms with E-state index in [1.54, 1.807) is 6.08 Å². The minimum atomic E-state index is -1.12. The predicted octanol–water partition coefficient (Wildman–Crippen LogP) is 5.90. The summed E-state index contributed by atoms with van der Waals surface area (Å²) < 4.78 is 0. The van der Waals surface area contributed by atoms with Crippen LogP contribution in [-0.2, 0) is 20.7 Å². The van der Waals surface area contributed by atoms with E-state index in [0.717, 1.165) is 50.1 Å². The zero-order valence-electron chi connectivity index (χ0n) is 24.9. The average molecular weight is 607 g/mol. The Hall–Kier alpha value is -5.50. The SMILES string of the molecule is C=Cc1ccc2c(c1)C1(NC(=O)NC1=O)c1ccccc1-2.O=C1NC(=O)C2(N1)c1cc(C3CC3)ccc1-c1ccc(C3CC3)cc12. The molecule has 8 heteroatoms. The maximum atomic E-state index is 12.9. The molecule has 6 aliphatic rings. The van der Waals surface area contributed by atoms with E-state index in [-0.39, 0.29) is 11.8 Å². The van der Waals surface area contributed by atoms with Crippen molar-refractivity contribution >= 4 is 30.0 Å². The van der Waals surface area contributed by atoms with E-state index in [1.165, 1.54) is 36.8 Å². The highest BCUT2D eigenvalue weighted by atomic mass is 16.2. The molecule has 2 saturated heterocycles. The number of hydrogen-bond acceptors (Lipinski definition) is 4. The molecule has 6 amide bonds. The number of urea groups is 2. The van der Waals surface area contributed by atoms with Crippen molar-refractivity contribution in [2.24, 2.45) is 0 Å². The number of rotatable bonds is 3. The Balaban J connectivity index is 0.000000129. The van der Waals surface area contributed by atoms with Crippen LogP contribution in [0.2, 0.25) is 0 Å². The molecule has 4 aromatic carbocycles. The Labute approximate surface area is 265 Å². The van der Waals surface area contributed by atoms with E-state index < -0.39 is 23.1 Å². The lowest BCUT2D eigenvalue weighted by Gasteiger charge is -2.24. The van der Waals surface area contributed by atoms with Gasteiger partial charge in [0.05, 0.1) is 0 Å². The Bertz CT molecular complexity index is 2030. The van der Waals surface area contributed by atoms with Crippen LogP contribution in [0.3, 0.4) is 0 Å². The highest BCUT2D eigenvalue weighted by molar-refractivity contribution is 6.14. The van der Waals surface area contributed by atoms with Crippen molar-refractivity contribution in [3.63, 3.8) is 0 Å². The first-order chi connectivity index (χ1) is 22.3. The molecule has 10 rings (SSSR count). The standard InChI is InChI=1S/C21H18N2O2.C17H12N2O2/c24-19-21(23-20(25)22-19)17-9-13(11-1-2-11)5-7-15(17)16-8-6-14(10-18(16)21)12-3-4-12;1-2-10-7-8-12-11-5-3-4-6-13(11)17(14(12)9-10)15(20)18-16(21)19-17/h5-12H,1-4H2,(H2,22,23,24,25);2-9H,1H2,(H2,18,19,20,21). The number of carbonyl (C=O) groups is 4. The van der Waals surface area contributed by atoms with E-state index in [0.29, 0.717) is 11.8 Å². The molecule has 4 N–H and O–H groups in total. The van der Waals surface area contributed by atoms with Crippen LogP contribution >= 0.6 is 0 Å². The summed E-state index contributed by atoms with van der Waals surface area (Å²) in [4.78, 5) is 49.2. The van der Waals surface area contributed by atoms with Crippen molar-refractivity contribution < 1.29 is 19.2 Å². The first-order valence-corrected chi connectivity index (χ1v) is 15.8. The quantitative estimate of drug-likeness (QED) is 0.218. The summed E-state index contributed by atoms with van der Waals surface area (Å²) in [6.45, 7) is 3.77. The molecule has 0 bridgehead atoms. The highest BCUT2D eigenvalue weighted by Gasteiger charge is 2.56. The molecule has 8 nitrogen and oxygen atoms in total. The summed E-state index contributed by atoms with van der Waals surface area (Å²) in [5, 5.41) is 10.6. The molecule has 0 aromatic heterocycles. The van der Waals surface area contributed by atoms with E-state index in [9.17, 15) is 19.2 Å². The van der Waals surface area contributed by atoms with Gasteiger partial charge < -0.3 is 10.6 Å². The number of imide groups is 2. The summed E-state index contributed by atoms with van der Waals surface area (Å²) in [5.74, 6) is 0.625. The maximum Gasteiger partial charge on any atom is 0.322 e. The number of amides is 6. The third-order valence-electron chi connectivity index (χ3n) is 10.3. The van der Waals surface area contributed by atoms with Gasteiger partial charge in [0, 0.05) is 5.56 Å². The number of nitrogens with one attached hydrogen (secondary N) is 4. The second kappa shape index (κ2) is 9.26. The third-order valence-corrected chi connectivity index (χ3v) is 10.3. The monoisotopic (exact) mass is 606 g/mol. The van der Waals surface area contributed by atoms with Gasteiger partial charge in [-0.3, -0.25) is 20.2 Å². The molecule has 1 unspecified atom stereocenters. The van der Waals surface area contributed by atoms with Gasteiger partial charge in [0.2, 0.25) is 0 Å². The molecule has 2 saturated carbocycles. The Morgan fingerprint density at radius 2 is 1.02 bits per heavy atom. The summed E-state index contributed by atoms with van der Waals surface area (Å²) in [5.41, 5.74) is 8.84. The number of hydrogen-bond donors (Lipinski definition) is 4. The average Bonchev–Trinajstić information content (AvgIpc) is 4.00. The van der Waals surface area contributed by atoms with Crippen molar-refractivity contribution in [1.29, 1.82) is 0 Å². The lowest BCUT2D eigenvalue weighted by molar-refractivity contribution is -0.123. The van der Waals surface area contributed by atoms with Crippen LogP contribution in [0.25, 0.3) is 28.3 Å². The highest BCUT2D eigenvalue weighted by Crippen LogP contribution is 2.53. The minimum Gasteiger partial charge on any atom is -0.316 e. The fourth-order valence-electron chi connectivity index (χ4n) is 7.79. The van der Waals surface area contributed by atoms with Crippen LogP contribution in [0, 0.1) is 0 Å². The topological polar surface area (TPSA) is 116 Å². The Kier molecular flexibility index (Phi) is 5.41. The van der Waals surface area contributed by atoms with Crippen molar-refractivity contribution in [3.05, 3.63) is 124 Å². The number of carbonyl (C=O) groups excluding carboxylic acids is 4. The van der Waals surface area contributed by atoms with Crippen LogP contribution in [0.1, 0.15) is 76.5 Å². The first-order valence-electron chi connectivity index (χ1n) is 15.8. The first kappa shape index (κ1) is 26.9. The van der Waals surface area contributed by atoms with E-state index in [2.05, 4.69) is 64.2 Å². The lowest BCUT2D eigenvalue weighted by atomic mass is 9.85. The molecule has 4 aliphatic carbocycles. The molecular formula is C38H30N4O4. The minimum absolute atomic E-state index is 0.251. The normalized spacial score (nSPS) is 22.2. The van der Waals surface area contributed by atoms with Gasteiger partial charge in [-0.25, -0.2) is 9.59 Å².